The summed E-state index contributed by atoms with van der Waals surface area (Å²) in [6.45, 7) is 7.77. The smallest absolute Gasteiger partial charge is 0.337 e. The van der Waals surface area contributed by atoms with Gasteiger partial charge >= 0.3 is 5.97 Å². The zero-order chi connectivity index (χ0) is 21.8. The summed E-state index contributed by atoms with van der Waals surface area (Å²) < 4.78 is 0. The number of nitrogens with one attached hydrogen (secondary N) is 1. The number of aromatic carboxylic acids is 1. The number of nitrogens with zero attached hydrogens (tertiary/aromatic N) is 4. The van der Waals surface area contributed by atoms with Crippen molar-refractivity contribution in [2.24, 2.45) is 16.7 Å². The Hall–Kier alpha value is -3.16. The average molecular weight is 422 g/mol. The van der Waals surface area contributed by atoms with Crippen LogP contribution in [0.5, 0.6) is 0 Å². The molecule has 8 nitrogen and oxygen atoms in total. The van der Waals surface area contributed by atoms with Gasteiger partial charge in [-0.3, -0.25) is 4.79 Å². The van der Waals surface area contributed by atoms with Crippen molar-refractivity contribution in [3.63, 3.8) is 0 Å². The summed E-state index contributed by atoms with van der Waals surface area (Å²) in [4.78, 5) is 37.4. The Bertz CT molecular complexity index is 1040. The Morgan fingerprint density at radius 2 is 1.74 bits per heavy atom. The molecule has 1 aromatic heterocycles. The van der Waals surface area contributed by atoms with Gasteiger partial charge in [0.05, 0.1) is 11.3 Å². The Morgan fingerprint density at radius 1 is 1.06 bits per heavy atom. The fraction of sp³-hybridized carbons (Fsp3) is 0.478. The molecule has 1 aliphatic carbocycles. The summed E-state index contributed by atoms with van der Waals surface area (Å²) in [6, 6.07) is 8.60. The summed E-state index contributed by atoms with van der Waals surface area (Å²) in [5.74, 6) is 0.754. The molecule has 2 saturated heterocycles. The van der Waals surface area contributed by atoms with Crippen LogP contribution in [0.2, 0.25) is 0 Å². The number of carboxylic acid groups (broad SMARTS) is 1. The first-order valence-electron chi connectivity index (χ1n) is 10.7. The zero-order valence-electron chi connectivity index (χ0n) is 17.8. The van der Waals surface area contributed by atoms with Gasteiger partial charge < -0.3 is 20.2 Å². The molecule has 8 heteroatoms. The molecule has 3 heterocycles. The van der Waals surface area contributed by atoms with Crippen LogP contribution in [0.1, 0.15) is 37.0 Å². The molecule has 1 amide bonds. The van der Waals surface area contributed by atoms with E-state index in [1.54, 1.807) is 30.5 Å². The summed E-state index contributed by atoms with van der Waals surface area (Å²) >= 11 is 0. The van der Waals surface area contributed by atoms with Crippen molar-refractivity contribution in [2.45, 2.75) is 26.7 Å². The fourth-order valence-electron chi connectivity index (χ4n) is 5.05. The number of benzene rings is 1. The van der Waals surface area contributed by atoms with Crippen LogP contribution >= 0.6 is 0 Å². The number of aromatic nitrogens is 2. The molecular weight excluding hydrogens is 394 g/mol. The maximum absolute atomic E-state index is 12.6. The lowest BCUT2D eigenvalue weighted by Crippen LogP contribution is -2.36. The van der Waals surface area contributed by atoms with E-state index in [1.165, 1.54) is 0 Å². The van der Waals surface area contributed by atoms with E-state index in [9.17, 15) is 14.7 Å². The third-order valence-corrected chi connectivity index (χ3v) is 7.22. The van der Waals surface area contributed by atoms with Crippen LogP contribution in [0, 0.1) is 16.7 Å². The molecule has 0 radical (unpaired) electrons. The summed E-state index contributed by atoms with van der Waals surface area (Å²) in [6.07, 6.45) is 3.77. The Labute approximate surface area is 181 Å². The number of carbonyl (C=O) groups is 2. The lowest BCUT2D eigenvalue weighted by molar-refractivity contribution is -0.132. The van der Waals surface area contributed by atoms with Crippen LogP contribution in [0.25, 0.3) is 0 Å². The number of anilines is 3. The van der Waals surface area contributed by atoms with Crippen LogP contribution in [0.4, 0.5) is 17.5 Å². The molecule has 31 heavy (non-hydrogen) atoms. The number of likely N-dealkylation sites (tertiary alicyclic amines) is 1. The minimum absolute atomic E-state index is 0.00595. The molecule has 0 spiro atoms. The minimum atomic E-state index is -1.00. The predicted molar refractivity (Wildman–Crippen MR) is 116 cm³/mol. The SMILES string of the molecule is C[C@@]12CN(C(=O)C3CC3)C[C@]1(C)CN(c1ccnc(Nc3ccccc3C(=O)O)n1)C2. The van der Waals surface area contributed by atoms with Crippen LogP contribution in [-0.4, -0.2) is 58.0 Å². The van der Waals surface area contributed by atoms with E-state index in [4.69, 9.17) is 0 Å². The zero-order valence-corrected chi connectivity index (χ0v) is 17.8. The van der Waals surface area contributed by atoms with E-state index < -0.39 is 5.97 Å². The number of carboxylic acids is 1. The molecule has 3 fully saturated rings. The number of para-hydroxylation sites is 1. The number of fused-ring (bicyclic) bond motifs is 1. The van der Waals surface area contributed by atoms with E-state index in [0.717, 1.165) is 44.8 Å². The van der Waals surface area contributed by atoms with Gasteiger partial charge in [0, 0.05) is 49.1 Å². The lowest BCUT2D eigenvalue weighted by atomic mass is 9.71. The normalized spacial score (nSPS) is 27.3. The second kappa shape index (κ2) is 6.93. The highest BCUT2D eigenvalue weighted by atomic mass is 16.4. The maximum atomic E-state index is 12.6. The first-order valence-corrected chi connectivity index (χ1v) is 10.7. The van der Waals surface area contributed by atoms with E-state index >= 15 is 0 Å². The van der Waals surface area contributed by atoms with E-state index in [-0.39, 0.29) is 22.3 Å². The summed E-state index contributed by atoms with van der Waals surface area (Å²) in [5.41, 5.74) is 0.643. The van der Waals surface area contributed by atoms with Gasteiger partial charge in [0.2, 0.25) is 11.9 Å². The second-order valence-electron chi connectivity index (χ2n) is 9.66. The second-order valence-corrected chi connectivity index (χ2v) is 9.66. The first-order chi connectivity index (χ1) is 14.8. The number of hydrogen-bond donors (Lipinski definition) is 2. The quantitative estimate of drug-likeness (QED) is 0.766. The molecule has 1 aromatic carbocycles. The van der Waals surface area contributed by atoms with E-state index in [2.05, 4.69) is 38.9 Å². The molecule has 2 aromatic rings. The standard InChI is InChI=1S/C23H27N5O3/c1-22-11-27(12-23(22,2)14-28(13-22)19(29)15-7-8-15)18-9-10-24-21(26-18)25-17-6-4-3-5-16(17)20(30)31/h3-6,9-10,15H,7-8,11-14H2,1-2H3,(H,30,31)(H,24,25,26)/t22-,23+. The predicted octanol–water partition coefficient (Wildman–Crippen LogP) is 3.00. The lowest BCUT2D eigenvalue weighted by Gasteiger charge is -2.29. The van der Waals surface area contributed by atoms with Crippen molar-refractivity contribution in [1.29, 1.82) is 0 Å². The summed E-state index contributed by atoms with van der Waals surface area (Å²) in [5, 5.41) is 12.4. The third-order valence-electron chi connectivity index (χ3n) is 7.22. The first kappa shape index (κ1) is 19.8. The molecule has 0 bridgehead atoms. The van der Waals surface area contributed by atoms with Gasteiger partial charge in [-0.25, -0.2) is 9.78 Å². The van der Waals surface area contributed by atoms with Crippen molar-refractivity contribution in [2.75, 3.05) is 36.4 Å². The van der Waals surface area contributed by atoms with Crippen molar-refractivity contribution < 1.29 is 14.7 Å². The molecule has 2 N–H and O–H groups in total. The maximum Gasteiger partial charge on any atom is 0.337 e. The molecule has 2 aliphatic heterocycles. The van der Waals surface area contributed by atoms with Gasteiger partial charge in [0.15, 0.2) is 0 Å². The number of carbonyl (C=O) groups excluding carboxylic acids is 1. The van der Waals surface area contributed by atoms with Crippen molar-refractivity contribution in [3.05, 3.63) is 42.1 Å². The Balaban J connectivity index is 1.34. The fourth-order valence-corrected chi connectivity index (χ4v) is 5.05. The monoisotopic (exact) mass is 421 g/mol. The third kappa shape index (κ3) is 3.40. The van der Waals surface area contributed by atoms with Gasteiger partial charge in [0.25, 0.3) is 0 Å². The Kier molecular flexibility index (Phi) is 4.42. The van der Waals surface area contributed by atoms with E-state index in [0.29, 0.717) is 17.5 Å². The minimum Gasteiger partial charge on any atom is -0.478 e. The van der Waals surface area contributed by atoms with Crippen LogP contribution in [-0.2, 0) is 4.79 Å². The van der Waals surface area contributed by atoms with Crippen LogP contribution < -0.4 is 10.2 Å². The van der Waals surface area contributed by atoms with Crippen LogP contribution in [0.3, 0.4) is 0 Å². The molecular formula is C23H27N5O3. The van der Waals surface area contributed by atoms with E-state index in [1.807, 2.05) is 6.07 Å². The Morgan fingerprint density at radius 3 is 2.39 bits per heavy atom. The molecule has 3 aliphatic rings. The molecule has 5 rings (SSSR count). The van der Waals surface area contributed by atoms with Gasteiger partial charge in [0.1, 0.15) is 5.82 Å². The van der Waals surface area contributed by atoms with Gasteiger partial charge in [-0.05, 0) is 31.0 Å². The highest BCUT2D eigenvalue weighted by Crippen LogP contribution is 2.53. The van der Waals surface area contributed by atoms with Gasteiger partial charge in [-0.2, -0.15) is 4.98 Å². The molecule has 0 unspecified atom stereocenters. The number of amides is 1. The molecule has 162 valence electrons. The highest BCUT2D eigenvalue weighted by molar-refractivity contribution is 5.94. The van der Waals surface area contributed by atoms with Crippen molar-refractivity contribution in [3.8, 4) is 0 Å². The number of hydrogen-bond acceptors (Lipinski definition) is 6. The van der Waals surface area contributed by atoms with Gasteiger partial charge in [-0.15, -0.1) is 0 Å². The largest absolute Gasteiger partial charge is 0.478 e. The molecule has 1 saturated carbocycles. The van der Waals surface area contributed by atoms with Crippen molar-refractivity contribution >= 4 is 29.3 Å². The van der Waals surface area contributed by atoms with Gasteiger partial charge in [-0.1, -0.05) is 26.0 Å². The number of rotatable bonds is 5. The summed E-state index contributed by atoms with van der Waals surface area (Å²) in [7, 11) is 0. The topological polar surface area (TPSA) is 98.7 Å². The molecule has 2 atom stereocenters. The van der Waals surface area contributed by atoms with Crippen molar-refractivity contribution in [1.82, 2.24) is 14.9 Å². The van der Waals surface area contributed by atoms with Crippen LogP contribution in [0.15, 0.2) is 36.5 Å². The average Bonchev–Trinajstić information content (AvgIpc) is 3.49. The highest BCUT2D eigenvalue weighted by Gasteiger charge is 2.59.